The van der Waals surface area contributed by atoms with E-state index < -0.39 is 0 Å². The maximum absolute atomic E-state index is 12.2. The van der Waals surface area contributed by atoms with Crippen molar-refractivity contribution in [2.75, 3.05) is 36.4 Å². The average Bonchev–Trinajstić information content (AvgIpc) is 3.11. The fourth-order valence-electron chi connectivity index (χ4n) is 3.95. The lowest BCUT2D eigenvalue weighted by atomic mass is 10.1. The Balaban J connectivity index is 0.00000272. The SMILES string of the molecule is CC(=O)Nc1ccc(OC2CCN(C[C@H]3CN(c4ccccc4)C(=O)O3)CC2)cc1.Cl. The second-order valence-corrected chi connectivity index (χ2v) is 7.78. The fourth-order valence-corrected chi connectivity index (χ4v) is 3.95. The highest BCUT2D eigenvalue weighted by Gasteiger charge is 2.34. The molecule has 2 heterocycles. The molecule has 0 unspecified atom stereocenters. The zero-order chi connectivity index (χ0) is 20.9. The Morgan fingerprint density at radius 2 is 1.77 bits per heavy atom. The van der Waals surface area contributed by atoms with Gasteiger partial charge in [0.05, 0.1) is 6.54 Å². The Hall–Kier alpha value is -2.77. The van der Waals surface area contributed by atoms with Gasteiger partial charge in [0.25, 0.3) is 0 Å². The number of carbonyl (C=O) groups excluding carboxylic acids is 2. The number of nitrogens with zero attached hydrogens (tertiary/aromatic N) is 2. The highest BCUT2D eigenvalue weighted by atomic mass is 35.5. The smallest absolute Gasteiger partial charge is 0.414 e. The second kappa shape index (κ2) is 10.5. The number of nitrogens with one attached hydrogen (secondary N) is 1. The van der Waals surface area contributed by atoms with Crippen LogP contribution in [-0.2, 0) is 9.53 Å². The number of anilines is 2. The van der Waals surface area contributed by atoms with E-state index in [9.17, 15) is 9.59 Å². The van der Waals surface area contributed by atoms with Gasteiger partial charge in [-0.1, -0.05) is 18.2 Å². The van der Waals surface area contributed by atoms with Crippen LogP contribution < -0.4 is 15.0 Å². The molecule has 2 aliphatic heterocycles. The summed E-state index contributed by atoms with van der Waals surface area (Å²) in [6.07, 6.45) is 1.64. The Bertz CT molecular complexity index is 870. The molecule has 0 bridgehead atoms. The number of amides is 2. The molecule has 8 heteroatoms. The fraction of sp³-hybridized carbons (Fsp3) is 0.391. The van der Waals surface area contributed by atoms with E-state index in [0.29, 0.717) is 6.54 Å². The highest BCUT2D eigenvalue weighted by molar-refractivity contribution is 5.89. The van der Waals surface area contributed by atoms with E-state index in [-0.39, 0.29) is 36.6 Å². The van der Waals surface area contributed by atoms with Gasteiger partial charge < -0.3 is 14.8 Å². The predicted molar refractivity (Wildman–Crippen MR) is 122 cm³/mol. The summed E-state index contributed by atoms with van der Waals surface area (Å²) >= 11 is 0. The first-order chi connectivity index (χ1) is 14.6. The van der Waals surface area contributed by atoms with Crippen molar-refractivity contribution in [3.8, 4) is 5.75 Å². The van der Waals surface area contributed by atoms with Gasteiger partial charge in [0.2, 0.25) is 5.91 Å². The number of hydrogen-bond donors (Lipinski definition) is 1. The molecule has 2 aliphatic rings. The Morgan fingerprint density at radius 1 is 1.10 bits per heavy atom. The summed E-state index contributed by atoms with van der Waals surface area (Å²) in [6, 6.07) is 17.1. The number of ether oxygens (including phenoxy) is 2. The molecule has 1 atom stereocenters. The van der Waals surface area contributed by atoms with Crippen molar-refractivity contribution in [1.29, 1.82) is 0 Å². The van der Waals surface area contributed by atoms with Crippen molar-refractivity contribution in [3.05, 3.63) is 54.6 Å². The molecular weight excluding hydrogens is 418 g/mol. The van der Waals surface area contributed by atoms with E-state index >= 15 is 0 Å². The van der Waals surface area contributed by atoms with Crippen LogP contribution in [0.15, 0.2) is 54.6 Å². The Labute approximate surface area is 188 Å². The molecular formula is C23H28ClN3O4. The number of cyclic esters (lactones) is 1. The Morgan fingerprint density at radius 3 is 2.42 bits per heavy atom. The minimum absolute atomic E-state index is 0. The lowest BCUT2D eigenvalue weighted by molar-refractivity contribution is -0.114. The van der Waals surface area contributed by atoms with Crippen molar-refractivity contribution >= 4 is 35.8 Å². The van der Waals surface area contributed by atoms with Gasteiger partial charge in [-0.25, -0.2) is 4.79 Å². The van der Waals surface area contributed by atoms with Crippen LogP contribution in [0.5, 0.6) is 5.75 Å². The minimum Gasteiger partial charge on any atom is -0.490 e. The normalized spacial score (nSPS) is 19.5. The van der Waals surface area contributed by atoms with Crippen molar-refractivity contribution in [3.63, 3.8) is 0 Å². The number of halogens is 1. The van der Waals surface area contributed by atoms with Crippen molar-refractivity contribution in [1.82, 2.24) is 4.90 Å². The molecule has 166 valence electrons. The summed E-state index contributed by atoms with van der Waals surface area (Å²) in [6.45, 7) is 4.64. The molecule has 2 aromatic rings. The number of para-hydroxylation sites is 1. The van der Waals surface area contributed by atoms with Crippen molar-refractivity contribution in [2.24, 2.45) is 0 Å². The third kappa shape index (κ3) is 6.12. The van der Waals surface area contributed by atoms with Crippen LogP contribution >= 0.6 is 12.4 Å². The molecule has 2 aromatic carbocycles. The summed E-state index contributed by atoms with van der Waals surface area (Å²) in [5.74, 6) is 0.724. The van der Waals surface area contributed by atoms with Crippen LogP contribution in [-0.4, -0.2) is 55.3 Å². The van der Waals surface area contributed by atoms with Crippen molar-refractivity contribution < 1.29 is 19.1 Å². The standard InChI is InChI=1S/C23H27N3O4.ClH/c1-17(27)24-18-7-9-20(10-8-18)29-21-11-13-25(14-12-21)15-22-16-26(23(28)30-22)19-5-3-2-4-6-19;/h2-10,21-22H,11-16H2,1H3,(H,24,27);1H/t22-;/m0./s1. The molecule has 2 fully saturated rings. The molecule has 31 heavy (non-hydrogen) atoms. The quantitative estimate of drug-likeness (QED) is 0.729. The van der Waals surface area contributed by atoms with E-state index in [1.165, 1.54) is 6.92 Å². The molecule has 2 saturated heterocycles. The summed E-state index contributed by atoms with van der Waals surface area (Å²) in [4.78, 5) is 27.3. The topological polar surface area (TPSA) is 71.1 Å². The molecule has 0 aromatic heterocycles. The highest BCUT2D eigenvalue weighted by Crippen LogP contribution is 2.24. The summed E-state index contributed by atoms with van der Waals surface area (Å²) in [7, 11) is 0. The van der Waals surface area contributed by atoms with Gasteiger partial charge in [-0.15, -0.1) is 12.4 Å². The lowest BCUT2D eigenvalue weighted by Crippen LogP contribution is -2.42. The molecule has 1 N–H and O–H groups in total. The van der Waals surface area contributed by atoms with Gasteiger partial charge in [0.1, 0.15) is 18.0 Å². The summed E-state index contributed by atoms with van der Waals surface area (Å²) < 4.78 is 11.7. The van der Waals surface area contributed by atoms with Gasteiger partial charge in [0.15, 0.2) is 0 Å². The first-order valence-electron chi connectivity index (χ1n) is 10.4. The van der Waals surface area contributed by atoms with Crippen LogP contribution in [0.4, 0.5) is 16.2 Å². The first kappa shape index (κ1) is 22.9. The number of hydrogen-bond acceptors (Lipinski definition) is 5. The second-order valence-electron chi connectivity index (χ2n) is 7.78. The van der Waals surface area contributed by atoms with Gasteiger partial charge in [0, 0.05) is 37.9 Å². The first-order valence-corrected chi connectivity index (χ1v) is 10.4. The average molecular weight is 446 g/mol. The maximum atomic E-state index is 12.2. The van der Waals surface area contributed by atoms with Gasteiger partial charge in [-0.05, 0) is 49.2 Å². The number of rotatable bonds is 6. The molecule has 7 nitrogen and oxygen atoms in total. The molecule has 4 rings (SSSR count). The number of benzene rings is 2. The minimum atomic E-state index is -0.271. The molecule has 0 radical (unpaired) electrons. The lowest BCUT2D eigenvalue weighted by Gasteiger charge is -2.33. The summed E-state index contributed by atoms with van der Waals surface area (Å²) in [5, 5.41) is 2.75. The Kier molecular flexibility index (Phi) is 7.76. The maximum Gasteiger partial charge on any atom is 0.414 e. The zero-order valence-corrected chi connectivity index (χ0v) is 18.3. The van der Waals surface area contributed by atoms with E-state index in [1.54, 1.807) is 4.90 Å². The van der Waals surface area contributed by atoms with E-state index in [0.717, 1.165) is 49.6 Å². The summed E-state index contributed by atoms with van der Waals surface area (Å²) in [5.41, 5.74) is 1.64. The largest absolute Gasteiger partial charge is 0.490 e. The third-order valence-corrected chi connectivity index (χ3v) is 5.42. The van der Waals surface area contributed by atoms with Crippen LogP contribution in [0.2, 0.25) is 0 Å². The van der Waals surface area contributed by atoms with Gasteiger partial charge in [-0.2, -0.15) is 0 Å². The monoisotopic (exact) mass is 445 g/mol. The van der Waals surface area contributed by atoms with E-state index in [2.05, 4.69) is 10.2 Å². The predicted octanol–water partition coefficient (Wildman–Crippen LogP) is 3.94. The van der Waals surface area contributed by atoms with Crippen LogP contribution in [0.1, 0.15) is 19.8 Å². The van der Waals surface area contributed by atoms with E-state index in [4.69, 9.17) is 9.47 Å². The van der Waals surface area contributed by atoms with Crippen molar-refractivity contribution in [2.45, 2.75) is 32.0 Å². The number of likely N-dealkylation sites (tertiary alicyclic amines) is 1. The molecule has 0 spiro atoms. The van der Waals surface area contributed by atoms with Crippen LogP contribution in [0, 0.1) is 0 Å². The number of carbonyl (C=O) groups is 2. The van der Waals surface area contributed by atoms with E-state index in [1.807, 2.05) is 54.6 Å². The molecule has 0 aliphatic carbocycles. The van der Waals surface area contributed by atoms with Crippen LogP contribution in [0.3, 0.4) is 0 Å². The van der Waals surface area contributed by atoms with Gasteiger partial charge >= 0.3 is 6.09 Å². The van der Waals surface area contributed by atoms with Crippen LogP contribution in [0.25, 0.3) is 0 Å². The van der Waals surface area contributed by atoms with Gasteiger partial charge in [-0.3, -0.25) is 14.6 Å². The zero-order valence-electron chi connectivity index (χ0n) is 17.5. The number of piperidine rings is 1. The molecule has 2 amide bonds. The third-order valence-electron chi connectivity index (χ3n) is 5.42. The molecule has 0 saturated carbocycles.